The molecule has 0 aliphatic carbocycles. The van der Waals surface area contributed by atoms with Crippen molar-refractivity contribution < 1.29 is 22.7 Å². The molecule has 0 amide bonds. The number of hydrogen-bond donors (Lipinski definition) is 1. The number of hydrogen-bond acceptors (Lipinski definition) is 3. The van der Waals surface area contributed by atoms with Crippen LogP contribution in [0.15, 0.2) is 47.4 Å². The Bertz CT molecular complexity index is 1350. The summed E-state index contributed by atoms with van der Waals surface area (Å²) in [7, 11) is -3.79. The van der Waals surface area contributed by atoms with Gasteiger partial charge in [-0.3, -0.25) is 4.79 Å². The summed E-state index contributed by atoms with van der Waals surface area (Å²) < 4.78 is 41.8. The Balaban J connectivity index is 1.67. The van der Waals surface area contributed by atoms with Gasteiger partial charge < -0.3 is 5.11 Å². The van der Waals surface area contributed by atoms with Crippen molar-refractivity contribution in [3.63, 3.8) is 0 Å². The number of rotatable bonds is 5. The zero-order chi connectivity index (χ0) is 23.9. The number of carboxylic acids is 1. The number of sulfonamides is 1. The third-order valence-electron chi connectivity index (χ3n) is 6.24. The highest BCUT2D eigenvalue weighted by Gasteiger charge is 2.32. The fraction of sp³-hybridized carbons (Fsp3) is 0.292. The van der Waals surface area contributed by atoms with Gasteiger partial charge in [0.05, 0.1) is 11.4 Å². The maximum atomic E-state index is 14.1. The van der Waals surface area contributed by atoms with Gasteiger partial charge in [-0.15, -0.1) is 0 Å². The molecular weight excluding hydrogens is 488 g/mol. The first-order valence-electron chi connectivity index (χ1n) is 10.5. The summed E-state index contributed by atoms with van der Waals surface area (Å²) in [6, 6.07) is 10.6. The summed E-state index contributed by atoms with van der Waals surface area (Å²) >= 11 is 12.0. The first-order valence-corrected chi connectivity index (χ1v) is 12.7. The van der Waals surface area contributed by atoms with Crippen molar-refractivity contribution >= 4 is 50.0 Å². The van der Waals surface area contributed by atoms with Gasteiger partial charge in [0, 0.05) is 18.1 Å². The number of carboxylic acid groups (broad SMARTS) is 1. The monoisotopic (exact) mass is 509 g/mol. The molecule has 1 aliphatic rings. The molecule has 33 heavy (non-hydrogen) atoms. The Morgan fingerprint density at radius 3 is 2.45 bits per heavy atom. The molecule has 1 N–H and O–H groups in total. The van der Waals surface area contributed by atoms with Crippen LogP contribution in [-0.4, -0.2) is 36.9 Å². The Morgan fingerprint density at radius 2 is 1.82 bits per heavy atom. The van der Waals surface area contributed by atoms with Crippen LogP contribution < -0.4 is 0 Å². The lowest BCUT2D eigenvalue weighted by molar-refractivity contribution is -0.136. The van der Waals surface area contributed by atoms with Crippen LogP contribution in [0.25, 0.3) is 10.8 Å². The molecule has 1 saturated heterocycles. The van der Waals surface area contributed by atoms with Crippen molar-refractivity contribution in [2.45, 2.75) is 37.0 Å². The van der Waals surface area contributed by atoms with Gasteiger partial charge >= 0.3 is 5.97 Å². The molecule has 5 nitrogen and oxygen atoms in total. The van der Waals surface area contributed by atoms with E-state index in [9.17, 15) is 22.7 Å². The minimum absolute atomic E-state index is 0.0131. The molecule has 1 heterocycles. The van der Waals surface area contributed by atoms with Crippen LogP contribution in [0.5, 0.6) is 0 Å². The second kappa shape index (κ2) is 9.22. The van der Waals surface area contributed by atoms with E-state index < -0.39 is 16.0 Å². The van der Waals surface area contributed by atoms with E-state index >= 15 is 0 Å². The smallest absolute Gasteiger partial charge is 0.307 e. The highest BCUT2D eigenvalue weighted by Crippen LogP contribution is 2.39. The van der Waals surface area contributed by atoms with Crippen LogP contribution >= 0.6 is 23.2 Å². The van der Waals surface area contributed by atoms with Crippen LogP contribution in [0.4, 0.5) is 4.39 Å². The molecule has 1 fully saturated rings. The van der Waals surface area contributed by atoms with Crippen LogP contribution in [0, 0.1) is 12.7 Å². The number of benzene rings is 3. The lowest BCUT2D eigenvalue weighted by Crippen LogP contribution is -2.38. The molecule has 0 unspecified atom stereocenters. The zero-order valence-electron chi connectivity index (χ0n) is 17.8. The third-order valence-corrected chi connectivity index (χ3v) is 8.85. The fourth-order valence-electron chi connectivity index (χ4n) is 4.64. The van der Waals surface area contributed by atoms with E-state index in [4.69, 9.17) is 23.2 Å². The summed E-state index contributed by atoms with van der Waals surface area (Å²) in [5, 5.41) is 11.3. The lowest BCUT2D eigenvalue weighted by atomic mass is 9.82. The molecule has 0 bridgehead atoms. The van der Waals surface area contributed by atoms with E-state index in [1.807, 2.05) is 6.92 Å². The number of nitrogens with zero attached hydrogens (tertiary/aromatic N) is 1. The molecule has 0 saturated carbocycles. The van der Waals surface area contributed by atoms with Crippen molar-refractivity contribution in [3.8, 4) is 0 Å². The maximum Gasteiger partial charge on any atom is 0.307 e. The Kier molecular flexibility index (Phi) is 6.69. The first kappa shape index (κ1) is 24.0. The normalized spacial score (nSPS) is 15.8. The van der Waals surface area contributed by atoms with Crippen LogP contribution in [0.2, 0.25) is 10.0 Å². The highest BCUT2D eigenvalue weighted by atomic mass is 35.5. The van der Waals surface area contributed by atoms with Gasteiger partial charge in [-0.2, -0.15) is 4.31 Å². The van der Waals surface area contributed by atoms with Gasteiger partial charge in [0.25, 0.3) is 0 Å². The number of halogens is 3. The largest absolute Gasteiger partial charge is 0.481 e. The molecule has 0 spiro atoms. The van der Waals surface area contributed by atoms with E-state index in [0.29, 0.717) is 23.4 Å². The predicted molar refractivity (Wildman–Crippen MR) is 127 cm³/mol. The van der Waals surface area contributed by atoms with E-state index in [0.717, 1.165) is 21.9 Å². The maximum absolute atomic E-state index is 14.1. The van der Waals surface area contributed by atoms with Gasteiger partial charge in [0.2, 0.25) is 10.0 Å². The van der Waals surface area contributed by atoms with Crippen molar-refractivity contribution in [3.05, 3.63) is 75.0 Å². The molecule has 4 rings (SSSR count). The summed E-state index contributed by atoms with van der Waals surface area (Å²) in [4.78, 5) is 11.4. The Morgan fingerprint density at radius 1 is 1.12 bits per heavy atom. The number of carbonyl (C=O) groups is 1. The van der Waals surface area contributed by atoms with Gasteiger partial charge in [0.1, 0.15) is 10.7 Å². The molecule has 0 radical (unpaired) electrons. The van der Waals surface area contributed by atoms with Gasteiger partial charge in [-0.25, -0.2) is 12.8 Å². The lowest BCUT2D eigenvalue weighted by Gasteiger charge is -2.33. The third kappa shape index (κ3) is 4.73. The summed E-state index contributed by atoms with van der Waals surface area (Å²) in [6.07, 6.45) is 0.912. The van der Waals surface area contributed by atoms with Crippen LogP contribution in [-0.2, 0) is 21.2 Å². The number of fused-ring (bicyclic) bond motifs is 1. The average molecular weight is 510 g/mol. The molecule has 1 aliphatic heterocycles. The molecule has 3 aromatic rings. The summed E-state index contributed by atoms with van der Waals surface area (Å²) in [5.74, 6) is -1.34. The molecular formula is C24H22Cl2FNO4S. The van der Waals surface area contributed by atoms with E-state index in [2.05, 4.69) is 0 Å². The molecule has 0 aromatic heterocycles. The first-order chi connectivity index (χ1) is 15.6. The van der Waals surface area contributed by atoms with Gasteiger partial charge in [0.15, 0.2) is 0 Å². The van der Waals surface area contributed by atoms with Gasteiger partial charge in [-0.1, -0.05) is 35.3 Å². The second-order valence-corrected chi connectivity index (χ2v) is 11.0. The standard InChI is InChI=1S/C24H22Cl2FNO4S/c1-14-17(11-23(29)30)10-16-2-4-19(27)13-20(16)24(14)15-6-8-28(9-7-15)33(31,32)22-5-3-18(25)12-21(22)26/h2-5,10,12-13,15H,6-9,11H2,1H3,(H,29,30). The molecule has 174 valence electrons. The highest BCUT2D eigenvalue weighted by molar-refractivity contribution is 7.89. The topological polar surface area (TPSA) is 74.7 Å². The van der Waals surface area contributed by atoms with E-state index in [1.165, 1.54) is 34.6 Å². The van der Waals surface area contributed by atoms with Crippen molar-refractivity contribution in [1.82, 2.24) is 4.31 Å². The molecule has 9 heteroatoms. The van der Waals surface area contributed by atoms with Gasteiger partial charge in [-0.05, 0) is 83.5 Å². The van der Waals surface area contributed by atoms with Crippen molar-refractivity contribution in [2.24, 2.45) is 0 Å². The molecule has 0 atom stereocenters. The quantitative estimate of drug-likeness (QED) is 0.472. The number of aliphatic carboxylic acids is 1. The minimum atomic E-state index is -3.79. The summed E-state index contributed by atoms with van der Waals surface area (Å²) in [6.45, 7) is 2.39. The predicted octanol–water partition coefficient (Wildman–Crippen LogP) is 5.79. The van der Waals surface area contributed by atoms with Crippen molar-refractivity contribution in [1.29, 1.82) is 0 Å². The fourth-order valence-corrected chi connectivity index (χ4v) is 6.86. The Hall–Kier alpha value is -2.19. The second-order valence-electron chi connectivity index (χ2n) is 8.26. The average Bonchev–Trinajstić information content (AvgIpc) is 2.74. The van der Waals surface area contributed by atoms with E-state index in [1.54, 1.807) is 12.1 Å². The van der Waals surface area contributed by atoms with Crippen LogP contribution in [0.1, 0.15) is 35.4 Å². The number of piperidine rings is 1. The SMILES string of the molecule is Cc1c(CC(=O)O)cc2ccc(F)cc2c1C1CCN(S(=O)(=O)c2ccc(Cl)cc2Cl)CC1. The van der Waals surface area contributed by atoms with Crippen LogP contribution in [0.3, 0.4) is 0 Å². The molecule has 3 aromatic carbocycles. The zero-order valence-corrected chi connectivity index (χ0v) is 20.1. The minimum Gasteiger partial charge on any atom is -0.481 e. The Labute approximate surface area is 201 Å². The summed E-state index contributed by atoms with van der Waals surface area (Å²) in [5.41, 5.74) is 2.39. The van der Waals surface area contributed by atoms with Crippen molar-refractivity contribution in [2.75, 3.05) is 13.1 Å². The van der Waals surface area contributed by atoms with E-state index in [-0.39, 0.29) is 41.2 Å².